The molecule has 0 spiro atoms. The summed E-state index contributed by atoms with van der Waals surface area (Å²) < 4.78 is 21.9. The predicted molar refractivity (Wildman–Crippen MR) is 278 cm³/mol. The summed E-state index contributed by atoms with van der Waals surface area (Å²) in [6.45, 7) is 1.41. The van der Waals surface area contributed by atoms with E-state index in [0.717, 1.165) is 0 Å². The van der Waals surface area contributed by atoms with Crippen LogP contribution in [-0.4, -0.2) is 126 Å². The molecule has 3 aromatic carbocycles. The van der Waals surface area contributed by atoms with Crippen molar-refractivity contribution in [2.45, 2.75) is 101 Å². The van der Waals surface area contributed by atoms with Gasteiger partial charge in [-0.1, -0.05) is 0 Å². The molecule has 0 saturated carbocycles. The van der Waals surface area contributed by atoms with Gasteiger partial charge in [0.15, 0.2) is 0 Å². The summed E-state index contributed by atoms with van der Waals surface area (Å²) in [5.74, 6) is -5.56. The van der Waals surface area contributed by atoms with E-state index in [9.17, 15) is 38.4 Å². The fraction of sp³-hybridized carbons (Fsp3) is 0.480. The number of ether oxygens (including phenoxy) is 4. The lowest BCUT2D eigenvalue weighted by molar-refractivity contribution is -0.120. The van der Waals surface area contributed by atoms with Gasteiger partial charge in [0, 0.05) is 17.4 Å². The van der Waals surface area contributed by atoms with Crippen LogP contribution in [0.3, 0.4) is 0 Å². The lowest BCUT2D eigenvalue weighted by atomic mass is 10.0. The lowest BCUT2D eigenvalue weighted by Gasteiger charge is -2.22. The molecule has 8 amide bonds. The van der Waals surface area contributed by atoms with Gasteiger partial charge < -0.3 is 85.3 Å². The Morgan fingerprint density at radius 3 is 0.959 bits per heavy atom. The zero-order chi connectivity index (χ0) is 54.7. The monoisotopic (exact) mass is 1030 g/mol. The zero-order valence-electron chi connectivity index (χ0n) is 42.6. The van der Waals surface area contributed by atoms with Crippen molar-refractivity contribution in [2.24, 2.45) is 34.4 Å². The fourth-order valence-corrected chi connectivity index (χ4v) is 7.66. The summed E-state index contributed by atoms with van der Waals surface area (Å²) in [5.41, 5.74) is 33.8. The van der Waals surface area contributed by atoms with Crippen LogP contribution < -0.4 is 85.3 Å². The molecular formula is C50H74N12O12. The van der Waals surface area contributed by atoms with E-state index in [0.29, 0.717) is 77.5 Å². The highest BCUT2D eigenvalue weighted by molar-refractivity contribution is 6.08. The Bertz CT molecular complexity index is 2250. The van der Waals surface area contributed by atoms with Crippen LogP contribution in [0.1, 0.15) is 118 Å². The average Bonchev–Trinajstić information content (AvgIpc) is 3.38. The number of amides is 8. The van der Waals surface area contributed by atoms with E-state index in [-0.39, 0.29) is 82.3 Å². The summed E-state index contributed by atoms with van der Waals surface area (Å²) in [6.07, 6.45) is 4.94. The van der Waals surface area contributed by atoms with Crippen LogP contribution in [0.2, 0.25) is 0 Å². The first kappa shape index (κ1) is 60.8. The zero-order valence-corrected chi connectivity index (χ0v) is 42.6. The second kappa shape index (κ2) is 31.8. The van der Waals surface area contributed by atoms with Gasteiger partial charge in [-0.15, -0.1) is 0 Å². The molecule has 0 radical (unpaired) electrons. The SMILES string of the molecule is COc1ccc(NC(=O)C(CCCCN)NC(=O)c2cc(C(=O)NC(CCCCN)C(=O)Nc3ccc(OC)c(C(=O)NC(CCCCN)C(N)=O)c3)c(OC)cc2OC)cc1C(=O)NC(CCCCN)C(N)=O. The molecule has 3 aromatic rings. The van der Waals surface area contributed by atoms with Gasteiger partial charge in [-0.2, -0.15) is 0 Å². The third-order valence-corrected chi connectivity index (χ3v) is 11.8. The summed E-state index contributed by atoms with van der Waals surface area (Å²) in [7, 11) is 5.30. The number of unbranched alkanes of at least 4 members (excludes halogenated alkanes) is 4. The largest absolute Gasteiger partial charge is 0.496 e. The Morgan fingerprint density at radius 2 is 0.676 bits per heavy atom. The van der Waals surface area contributed by atoms with Crippen LogP contribution in [-0.2, 0) is 19.2 Å². The Labute approximate surface area is 430 Å². The molecular weight excluding hydrogens is 961 g/mol. The first-order valence-electron chi connectivity index (χ1n) is 24.4. The molecule has 4 atom stereocenters. The molecule has 24 heteroatoms. The normalized spacial score (nSPS) is 12.4. The number of primary amides is 2. The molecule has 74 heavy (non-hydrogen) atoms. The summed E-state index contributed by atoms with van der Waals surface area (Å²) in [5, 5.41) is 16.2. The predicted octanol–water partition coefficient (Wildman–Crippen LogP) is 0.879. The second-order valence-corrected chi connectivity index (χ2v) is 17.1. The van der Waals surface area contributed by atoms with Crippen molar-refractivity contribution in [1.82, 2.24) is 21.3 Å². The first-order valence-corrected chi connectivity index (χ1v) is 24.4. The minimum absolute atomic E-state index is 0.00675. The van der Waals surface area contributed by atoms with Gasteiger partial charge in [0.25, 0.3) is 23.6 Å². The molecule has 0 aliphatic carbocycles. The van der Waals surface area contributed by atoms with Crippen molar-refractivity contribution in [1.29, 1.82) is 0 Å². The summed E-state index contributed by atoms with van der Waals surface area (Å²) in [4.78, 5) is 108. The van der Waals surface area contributed by atoms with Gasteiger partial charge in [0.05, 0.1) is 50.7 Å². The van der Waals surface area contributed by atoms with Gasteiger partial charge in [-0.25, -0.2) is 0 Å². The standard InChI is InChI=1S/C50H74N12O12/c1-71-39-19-17-29(25-31(39)45(65)59-35(43(55)63)13-5-9-21-51)57-49(69)37(15-7-11-23-53)61-47(67)33-27-34(42(74-4)28-41(33)73-3)48(68)62-38(16-8-12-24-54)50(70)58-30-18-20-40(72-2)32(26-30)46(66)60-36(44(56)64)14-6-10-22-52/h17-20,25-28,35-38H,5-16,21-24,51-54H2,1-4H3,(H2,55,63)(H2,56,64)(H,57,69)(H,58,70)(H,59,65)(H,60,66)(H,61,67)(H,62,68). The summed E-state index contributed by atoms with van der Waals surface area (Å²) in [6, 6.07) is 6.75. The van der Waals surface area contributed by atoms with Crippen molar-refractivity contribution in [3.63, 3.8) is 0 Å². The highest BCUT2D eigenvalue weighted by Gasteiger charge is 2.30. The van der Waals surface area contributed by atoms with E-state index in [2.05, 4.69) is 31.9 Å². The quantitative estimate of drug-likeness (QED) is 0.0369. The highest BCUT2D eigenvalue weighted by atomic mass is 16.5. The number of nitrogens with two attached hydrogens (primary N) is 6. The van der Waals surface area contributed by atoms with Gasteiger partial charge in [-0.3, -0.25) is 38.4 Å². The molecule has 0 heterocycles. The van der Waals surface area contributed by atoms with Gasteiger partial charge in [-0.05, 0) is 146 Å². The number of methoxy groups -OCH3 is 4. The van der Waals surface area contributed by atoms with E-state index in [1.54, 1.807) is 0 Å². The van der Waals surface area contributed by atoms with Crippen molar-refractivity contribution >= 4 is 58.6 Å². The molecule has 3 rings (SSSR count). The van der Waals surface area contributed by atoms with Crippen LogP contribution in [0.15, 0.2) is 48.5 Å². The van der Waals surface area contributed by atoms with Gasteiger partial charge in [0.1, 0.15) is 47.2 Å². The van der Waals surface area contributed by atoms with E-state index in [1.165, 1.54) is 77.0 Å². The average molecular weight is 1040 g/mol. The number of benzene rings is 3. The van der Waals surface area contributed by atoms with E-state index >= 15 is 0 Å². The Morgan fingerprint density at radius 1 is 0.392 bits per heavy atom. The van der Waals surface area contributed by atoms with E-state index in [4.69, 9.17) is 53.3 Å². The fourth-order valence-electron chi connectivity index (χ4n) is 7.66. The number of hydrogen-bond acceptors (Lipinski definition) is 16. The molecule has 406 valence electrons. The molecule has 24 nitrogen and oxygen atoms in total. The van der Waals surface area contributed by atoms with Crippen LogP contribution in [0, 0.1) is 0 Å². The minimum atomic E-state index is -1.19. The third-order valence-electron chi connectivity index (χ3n) is 11.8. The van der Waals surface area contributed by atoms with Crippen molar-refractivity contribution in [3.8, 4) is 23.0 Å². The lowest BCUT2D eigenvalue weighted by Crippen LogP contribution is -2.45. The molecule has 0 aliphatic rings. The number of nitrogens with one attached hydrogen (secondary N) is 6. The molecule has 0 fully saturated rings. The topological polar surface area (TPSA) is 402 Å². The Hall–Kier alpha value is -7.54. The number of carbonyl (C=O) groups is 8. The molecule has 18 N–H and O–H groups in total. The smallest absolute Gasteiger partial charge is 0.255 e. The molecule has 4 unspecified atom stereocenters. The molecule has 0 aliphatic heterocycles. The van der Waals surface area contributed by atoms with Crippen molar-refractivity contribution < 1.29 is 57.3 Å². The number of rotatable bonds is 34. The van der Waals surface area contributed by atoms with Gasteiger partial charge >= 0.3 is 0 Å². The van der Waals surface area contributed by atoms with Crippen LogP contribution in [0.25, 0.3) is 0 Å². The molecule has 0 aromatic heterocycles. The maximum absolute atomic E-state index is 14.2. The van der Waals surface area contributed by atoms with Crippen molar-refractivity contribution in [2.75, 3.05) is 65.3 Å². The maximum atomic E-state index is 14.2. The van der Waals surface area contributed by atoms with E-state index < -0.39 is 71.4 Å². The second-order valence-electron chi connectivity index (χ2n) is 17.1. The Kier molecular flexibility index (Phi) is 26.1. The third kappa shape index (κ3) is 18.5. The van der Waals surface area contributed by atoms with Crippen LogP contribution in [0.4, 0.5) is 11.4 Å². The van der Waals surface area contributed by atoms with E-state index in [1.807, 2.05) is 0 Å². The summed E-state index contributed by atoms with van der Waals surface area (Å²) >= 11 is 0. The molecule has 0 saturated heterocycles. The van der Waals surface area contributed by atoms with Crippen LogP contribution in [0.5, 0.6) is 23.0 Å². The maximum Gasteiger partial charge on any atom is 0.255 e. The highest BCUT2D eigenvalue weighted by Crippen LogP contribution is 2.31. The minimum Gasteiger partial charge on any atom is -0.496 e. The number of carbonyl (C=O) groups excluding carboxylic acids is 8. The first-order chi connectivity index (χ1) is 35.5. The van der Waals surface area contributed by atoms with Gasteiger partial charge in [0.2, 0.25) is 23.6 Å². The van der Waals surface area contributed by atoms with Crippen LogP contribution >= 0.6 is 0 Å². The molecule has 0 bridgehead atoms. The Balaban J connectivity index is 1.93. The number of anilines is 2. The van der Waals surface area contributed by atoms with Crippen molar-refractivity contribution in [3.05, 3.63) is 70.8 Å². The number of hydrogen-bond donors (Lipinski definition) is 12.